The van der Waals surface area contributed by atoms with Crippen LogP contribution < -0.4 is 10.6 Å². The van der Waals surface area contributed by atoms with Gasteiger partial charge in [-0.25, -0.2) is 0 Å². The van der Waals surface area contributed by atoms with Gasteiger partial charge in [0.15, 0.2) is 23.5 Å². The van der Waals surface area contributed by atoms with E-state index < -0.39 is 59.1 Å². The quantitative estimate of drug-likeness (QED) is 0.0864. The first-order valence-electron chi connectivity index (χ1n) is 24.9. The number of benzene rings is 2. The highest BCUT2D eigenvalue weighted by Gasteiger charge is 2.76. The fraction of sp³-hybridized carbons (Fsp3) is 0.556. The van der Waals surface area contributed by atoms with Crippen molar-refractivity contribution in [1.82, 2.24) is 10.2 Å². The van der Waals surface area contributed by atoms with E-state index in [1.54, 1.807) is 12.2 Å². The van der Waals surface area contributed by atoms with Gasteiger partial charge in [0, 0.05) is 59.7 Å². The lowest BCUT2D eigenvalue weighted by Crippen LogP contribution is -2.64. The fourth-order valence-corrected chi connectivity index (χ4v) is 12.4. The van der Waals surface area contributed by atoms with E-state index in [1.165, 1.54) is 12.2 Å². The van der Waals surface area contributed by atoms with Crippen LogP contribution in [0.4, 0.5) is 5.69 Å². The number of amides is 4. The summed E-state index contributed by atoms with van der Waals surface area (Å²) in [5.74, 6) is -1.69. The molecule has 3 saturated carbocycles. The van der Waals surface area contributed by atoms with Gasteiger partial charge < -0.3 is 49.3 Å². The molecule has 2 aliphatic heterocycles. The minimum absolute atomic E-state index is 0.00555. The summed E-state index contributed by atoms with van der Waals surface area (Å²) in [6, 6.07) is 15.5. The highest BCUT2D eigenvalue weighted by molar-refractivity contribution is 6.13. The summed E-state index contributed by atoms with van der Waals surface area (Å²) in [5, 5.41) is 28.1. The Labute approximate surface area is 414 Å². The first-order valence-corrected chi connectivity index (χ1v) is 24.9. The number of fused-ring (bicyclic) bond motifs is 7. The molecule has 4 aliphatic carbocycles. The average molecular weight is 982 g/mol. The summed E-state index contributed by atoms with van der Waals surface area (Å²) in [6.07, 6.45) is 7.96. The monoisotopic (exact) mass is 981 g/mol. The van der Waals surface area contributed by atoms with Crippen LogP contribution in [0, 0.1) is 34.5 Å². The van der Waals surface area contributed by atoms with Crippen LogP contribution in [0.15, 0.2) is 84.5 Å². The molecule has 2 aromatic carbocycles. The van der Waals surface area contributed by atoms with E-state index in [0.717, 1.165) is 33.6 Å². The predicted octanol–water partition coefficient (Wildman–Crippen LogP) is 3.95. The number of imide groups is 1. The van der Waals surface area contributed by atoms with E-state index in [1.807, 2.05) is 61.5 Å². The Morgan fingerprint density at radius 2 is 1.49 bits per heavy atom. The van der Waals surface area contributed by atoms with Crippen molar-refractivity contribution < 1.29 is 67.4 Å². The summed E-state index contributed by atoms with van der Waals surface area (Å²) < 4.78 is 35.5. The molecule has 2 unspecified atom stereocenters. The van der Waals surface area contributed by atoms with Crippen molar-refractivity contribution in [1.29, 1.82) is 0 Å². The lowest BCUT2D eigenvalue weighted by atomic mass is 9.44. The molecule has 382 valence electrons. The predicted molar refractivity (Wildman–Crippen MR) is 257 cm³/mol. The number of ketones is 2. The van der Waals surface area contributed by atoms with Gasteiger partial charge in [0.05, 0.1) is 71.5 Å². The van der Waals surface area contributed by atoms with Gasteiger partial charge in [-0.1, -0.05) is 68.8 Å². The lowest BCUT2D eigenvalue weighted by molar-refractivity contribution is -0.202. The summed E-state index contributed by atoms with van der Waals surface area (Å²) in [5.41, 5.74) is 1.80. The molecule has 0 aromatic heterocycles. The maximum atomic E-state index is 14.0. The number of allylic oxidation sites excluding steroid dienone is 4. The molecule has 71 heavy (non-hydrogen) atoms. The van der Waals surface area contributed by atoms with Gasteiger partial charge in [-0.15, -0.1) is 0 Å². The molecule has 8 rings (SSSR count). The van der Waals surface area contributed by atoms with Crippen molar-refractivity contribution in [2.75, 3.05) is 77.9 Å². The average Bonchev–Trinajstić information content (AvgIpc) is 3.97. The third-order valence-electron chi connectivity index (χ3n) is 15.6. The van der Waals surface area contributed by atoms with Crippen LogP contribution in [0.3, 0.4) is 0 Å². The number of hydrogen-bond donors (Lipinski definition) is 4. The molecular formula is C54H67N3O14. The fourth-order valence-electron chi connectivity index (χ4n) is 12.4. The standard InChI is InChI=1S/C54H67N3O14/c1-34-27-40-42-31-45-54(44(61)33-58,53(42,3)32-43(60)50(40)52(2)16-13-39(59)30-41(34)52)71-51(70-45)37-9-7-35(8-10-37)28-36-5-4-6-38(29-36)56-47(63)15-19-66-21-23-68-25-26-69-24-22-67-20-17-55-46(62)14-18-57-48(64)11-12-49(57)65/h4-13,16,29-30,34,40,42-43,45,50-51,58,60H,14-15,17-28,31-33H2,1-3H3,(H,55,62)(H,56,63)/t34-,40-,42?,43-,45+,50?,51+,52-,53-,54+/m0/s1. The van der Waals surface area contributed by atoms with Gasteiger partial charge >= 0.3 is 0 Å². The van der Waals surface area contributed by atoms with Crippen molar-refractivity contribution in [3.63, 3.8) is 0 Å². The number of Topliss-reactive ketones (excluding diaryl/α,β-unsaturated/α-hetero) is 1. The zero-order chi connectivity index (χ0) is 50.3. The Bertz CT molecular complexity index is 2380. The van der Waals surface area contributed by atoms with Gasteiger partial charge in [0.1, 0.15) is 6.61 Å². The molecule has 17 heteroatoms. The number of anilines is 1. The second-order valence-electron chi connectivity index (χ2n) is 20.0. The van der Waals surface area contributed by atoms with Gasteiger partial charge in [-0.05, 0) is 78.8 Å². The summed E-state index contributed by atoms with van der Waals surface area (Å²) >= 11 is 0. The normalized spacial score (nSPS) is 30.4. The second kappa shape index (κ2) is 22.7. The molecule has 0 bridgehead atoms. The summed E-state index contributed by atoms with van der Waals surface area (Å²) in [6.45, 7) is 8.58. The largest absolute Gasteiger partial charge is 0.393 e. The van der Waals surface area contributed by atoms with E-state index in [2.05, 4.69) is 24.5 Å². The van der Waals surface area contributed by atoms with Gasteiger partial charge in [-0.3, -0.25) is 33.7 Å². The number of carbonyl (C=O) groups is 6. The number of nitrogens with zero attached hydrogens (tertiary/aromatic N) is 1. The molecule has 6 aliphatic rings. The number of hydrogen-bond acceptors (Lipinski definition) is 14. The third kappa shape index (κ3) is 11.1. The van der Waals surface area contributed by atoms with Crippen molar-refractivity contribution in [2.45, 2.75) is 83.4 Å². The molecule has 17 nitrogen and oxygen atoms in total. The highest BCUT2D eigenvalue weighted by atomic mass is 16.7. The lowest BCUT2D eigenvalue weighted by Gasteiger charge is -2.61. The Hall–Kier alpha value is -5.24. The minimum atomic E-state index is -1.43. The molecule has 0 spiro atoms. The number of aliphatic hydroxyl groups excluding tert-OH is 2. The molecule has 1 saturated heterocycles. The topological polar surface area (TPSA) is 226 Å². The van der Waals surface area contributed by atoms with E-state index >= 15 is 0 Å². The second-order valence-corrected chi connectivity index (χ2v) is 20.0. The van der Waals surface area contributed by atoms with Crippen LogP contribution in [0.25, 0.3) is 0 Å². The van der Waals surface area contributed by atoms with E-state index in [-0.39, 0.29) is 67.3 Å². The number of aliphatic hydroxyl groups is 2. The number of nitrogens with one attached hydrogen (secondary N) is 2. The highest BCUT2D eigenvalue weighted by Crippen LogP contribution is 2.71. The molecule has 10 atom stereocenters. The van der Waals surface area contributed by atoms with Crippen molar-refractivity contribution in [2.24, 2.45) is 34.5 Å². The zero-order valence-electron chi connectivity index (χ0n) is 40.8. The molecular weight excluding hydrogens is 915 g/mol. The maximum absolute atomic E-state index is 14.0. The van der Waals surface area contributed by atoms with E-state index in [9.17, 15) is 39.0 Å². The van der Waals surface area contributed by atoms with Crippen LogP contribution in [0.5, 0.6) is 0 Å². The van der Waals surface area contributed by atoms with Crippen molar-refractivity contribution >= 4 is 40.9 Å². The van der Waals surface area contributed by atoms with Gasteiger partial charge in [0.25, 0.3) is 11.8 Å². The molecule has 0 radical (unpaired) electrons. The Balaban J connectivity index is 0.714. The number of rotatable bonds is 24. The third-order valence-corrected chi connectivity index (χ3v) is 15.6. The summed E-state index contributed by atoms with van der Waals surface area (Å²) in [4.78, 5) is 75.2. The number of ether oxygens (including phenoxy) is 6. The van der Waals surface area contributed by atoms with Crippen LogP contribution in [0.1, 0.15) is 75.9 Å². The Morgan fingerprint density at radius 3 is 2.18 bits per heavy atom. The van der Waals surface area contributed by atoms with E-state index in [4.69, 9.17) is 28.4 Å². The molecule has 2 heterocycles. The molecule has 2 aromatic rings. The summed E-state index contributed by atoms with van der Waals surface area (Å²) in [7, 11) is 0. The van der Waals surface area contributed by atoms with Crippen LogP contribution in [-0.4, -0.2) is 141 Å². The first kappa shape index (κ1) is 52.1. The number of carbonyl (C=O) groups excluding carboxylic acids is 6. The van der Waals surface area contributed by atoms with Crippen molar-refractivity contribution in [3.05, 3.63) is 101 Å². The van der Waals surface area contributed by atoms with Crippen molar-refractivity contribution in [3.8, 4) is 0 Å². The maximum Gasteiger partial charge on any atom is 0.253 e. The van der Waals surface area contributed by atoms with Gasteiger partial charge in [-0.2, -0.15) is 0 Å². The zero-order valence-corrected chi connectivity index (χ0v) is 40.8. The molecule has 4 amide bonds. The van der Waals surface area contributed by atoms with Crippen LogP contribution in [0.2, 0.25) is 0 Å². The smallest absolute Gasteiger partial charge is 0.253 e. The minimum Gasteiger partial charge on any atom is -0.393 e. The van der Waals surface area contributed by atoms with E-state index in [0.29, 0.717) is 77.7 Å². The Morgan fingerprint density at radius 1 is 0.817 bits per heavy atom. The molecule has 4 N–H and O–H groups in total. The van der Waals surface area contributed by atoms with Gasteiger partial charge in [0.2, 0.25) is 11.8 Å². The van der Waals surface area contributed by atoms with Crippen LogP contribution >= 0.6 is 0 Å². The Kier molecular flexibility index (Phi) is 16.6. The van der Waals surface area contributed by atoms with Crippen LogP contribution in [-0.2, 0) is 63.6 Å². The SMILES string of the molecule is C[C@H]1C[C@@H]2C([C@@H](O)C[C@@]3(C)C2C[C@H]2O[C@@H](c4ccc(Cc5cccc(NC(=O)CCOCCOCCOCCOCCNC(=O)CCN6C(=O)C=CC6=O)c5)cc4)O[C@]23C(=O)CO)[C@@]2(C)C=CC(=O)C=C12. The molecule has 4 fully saturated rings. The first-order chi connectivity index (χ1) is 34.2.